The first-order valence-corrected chi connectivity index (χ1v) is 7.29. The first kappa shape index (κ1) is 13.5. The molecule has 0 aliphatic heterocycles. The fourth-order valence-corrected chi connectivity index (χ4v) is 2.87. The van der Waals surface area contributed by atoms with Gasteiger partial charge >= 0.3 is 0 Å². The second-order valence-corrected chi connectivity index (χ2v) is 5.16. The lowest BCUT2D eigenvalue weighted by molar-refractivity contribution is 0.118. The van der Waals surface area contributed by atoms with E-state index < -0.39 is 0 Å². The van der Waals surface area contributed by atoms with Crippen LogP contribution in [0.5, 0.6) is 0 Å². The molecule has 0 bridgehead atoms. The van der Waals surface area contributed by atoms with Gasteiger partial charge in [-0.05, 0) is 12.8 Å². The number of rotatable bonds is 6. The van der Waals surface area contributed by atoms with Crippen molar-refractivity contribution < 1.29 is 4.74 Å². The van der Waals surface area contributed by atoms with Gasteiger partial charge in [0.05, 0.1) is 6.61 Å². The molecule has 0 saturated heterocycles. The third-order valence-corrected chi connectivity index (χ3v) is 3.65. The molecule has 0 radical (unpaired) electrons. The smallest absolute Gasteiger partial charge is 0.0589 e. The van der Waals surface area contributed by atoms with Gasteiger partial charge in [0.2, 0.25) is 0 Å². The molecule has 0 aromatic rings. The van der Waals surface area contributed by atoms with Gasteiger partial charge in [-0.25, -0.2) is 0 Å². The zero-order valence-electron chi connectivity index (χ0n) is 9.88. The standard InChI is InChI=1S/C12H24BrNO/c1-15-11-10-14(9-8-13)12-6-4-2-3-5-7-12/h12H,2-11H2,1H3. The molecule has 1 aliphatic carbocycles. The van der Waals surface area contributed by atoms with Crippen LogP contribution in [0.25, 0.3) is 0 Å². The summed E-state index contributed by atoms with van der Waals surface area (Å²) < 4.78 is 5.18. The van der Waals surface area contributed by atoms with Gasteiger partial charge in [-0.15, -0.1) is 0 Å². The lowest BCUT2D eigenvalue weighted by Crippen LogP contribution is -2.38. The molecule has 0 aromatic carbocycles. The van der Waals surface area contributed by atoms with Crippen LogP contribution in [0.4, 0.5) is 0 Å². The van der Waals surface area contributed by atoms with Gasteiger partial charge in [-0.1, -0.05) is 41.6 Å². The van der Waals surface area contributed by atoms with E-state index >= 15 is 0 Å². The number of alkyl halides is 1. The van der Waals surface area contributed by atoms with E-state index in [0.717, 1.165) is 31.1 Å². The predicted molar refractivity (Wildman–Crippen MR) is 68.7 cm³/mol. The van der Waals surface area contributed by atoms with Crippen LogP contribution in [0.15, 0.2) is 0 Å². The molecule has 0 amide bonds. The Morgan fingerprint density at radius 3 is 2.33 bits per heavy atom. The Labute approximate surface area is 102 Å². The number of halogens is 1. The number of nitrogens with zero attached hydrogens (tertiary/aromatic N) is 1. The monoisotopic (exact) mass is 277 g/mol. The maximum Gasteiger partial charge on any atom is 0.0589 e. The molecule has 1 fully saturated rings. The van der Waals surface area contributed by atoms with Gasteiger partial charge in [0, 0.05) is 31.6 Å². The largest absolute Gasteiger partial charge is 0.383 e. The van der Waals surface area contributed by atoms with Gasteiger partial charge in [-0.2, -0.15) is 0 Å². The van der Waals surface area contributed by atoms with E-state index in [0.29, 0.717) is 0 Å². The van der Waals surface area contributed by atoms with E-state index in [9.17, 15) is 0 Å². The molecule has 0 spiro atoms. The molecule has 90 valence electrons. The molecule has 15 heavy (non-hydrogen) atoms. The average molecular weight is 278 g/mol. The van der Waals surface area contributed by atoms with Crippen molar-refractivity contribution >= 4 is 15.9 Å². The molecular formula is C12H24BrNO. The topological polar surface area (TPSA) is 12.5 Å². The average Bonchev–Trinajstić information content (AvgIpc) is 2.52. The van der Waals surface area contributed by atoms with Gasteiger partial charge in [-0.3, -0.25) is 4.90 Å². The molecule has 0 heterocycles. The minimum atomic E-state index is 0.806. The van der Waals surface area contributed by atoms with Gasteiger partial charge in [0.1, 0.15) is 0 Å². The summed E-state index contributed by atoms with van der Waals surface area (Å²) in [6.07, 6.45) is 8.46. The van der Waals surface area contributed by atoms with E-state index in [-0.39, 0.29) is 0 Å². The minimum absolute atomic E-state index is 0.806. The van der Waals surface area contributed by atoms with E-state index in [1.807, 2.05) is 0 Å². The Morgan fingerprint density at radius 2 is 1.80 bits per heavy atom. The van der Waals surface area contributed by atoms with Crippen LogP contribution in [0.2, 0.25) is 0 Å². The normalized spacial score (nSPS) is 19.4. The lowest BCUT2D eigenvalue weighted by Gasteiger charge is -2.30. The number of ether oxygens (including phenoxy) is 1. The highest BCUT2D eigenvalue weighted by Crippen LogP contribution is 2.21. The first-order chi connectivity index (χ1) is 7.38. The Morgan fingerprint density at radius 1 is 1.13 bits per heavy atom. The Balaban J connectivity index is 2.36. The molecule has 1 saturated carbocycles. The molecule has 0 N–H and O–H groups in total. The summed E-state index contributed by atoms with van der Waals surface area (Å²) in [5.74, 6) is 0. The Hall–Kier alpha value is 0.400. The molecule has 0 unspecified atom stereocenters. The summed E-state index contributed by atoms with van der Waals surface area (Å²) in [5.41, 5.74) is 0. The van der Waals surface area contributed by atoms with Crippen molar-refractivity contribution in [1.82, 2.24) is 4.90 Å². The van der Waals surface area contributed by atoms with Crippen molar-refractivity contribution in [2.75, 3.05) is 32.1 Å². The van der Waals surface area contributed by atoms with Crippen LogP contribution in [0.3, 0.4) is 0 Å². The molecule has 1 rings (SSSR count). The van der Waals surface area contributed by atoms with E-state index in [1.165, 1.54) is 38.5 Å². The number of hydrogen-bond acceptors (Lipinski definition) is 2. The highest BCUT2D eigenvalue weighted by molar-refractivity contribution is 9.09. The highest BCUT2D eigenvalue weighted by Gasteiger charge is 2.18. The molecule has 3 heteroatoms. The second-order valence-electron chi connectivity index (χ2n) is 4.36. The van der Waals surface area contributed by atoms with Crippen molar-refractivity contribution in [2.24, 2.45) is 0 Å². The Kier molecular flexibility index (Phi) is 7.67. The highest BCUT2D eigenvalue weighted by atomic mass is 79.9. The Bertz CT molecular complexity index is 147. The second kappa shape index (κ2) is 8.54. The van der Waals surface area contributed by atoms with Gasteiger partial charge in [0.25, 0.3) is 0 Å². The van der Waals surface area contributed by atoms with Crippen molar-refractivity contribution in [3.63, 3.8) is 0 Å². The van der Waals surface area contributed by atoms with Crippen LogP contribution < -0.4 is 0 Å². The summed E-state index contributed by atoms with van der Waals surface area (Å²) in [6.45, 7) is 3.12. The van der Waals surface area contributed by atoms with Crippen molar-refractivity contribution in [3.05, 3.63) is 0 Å². The zero-order chi connectivity index (χ0) is 10.9. The molecule has 0 aromatic heterocycles. The SMILES string of the molecule is COCCN(CCBr)C1CCCCCC1. The quantitative estimate of drug-likeness (QED) is 0.547. The predicted octanol–water partition coefficient (Wildman–Crippen LogP) is 3.05. The summed E-state index contributed by atoms with van der Waals surface area (Å²) >= 11 is 3.55. The van der Waals surface area contributed by atoms with E-state index in [4.69, 9.17) is 4.74 Å². The third-order valence-electron chi connectivity index (χ3n) is 3.30. The summed E-state index contributed by atoms with van der Waals surface area (Å²) in [4.78, 5) is 2.60. The summed E-state index contributed by atoms with van der Waals surface area (Å²) in [5, 5.41) is 1.08. The summed E-state index contributed by atoms with van der Waals surface area (Å²) in [6, 6.07) is 0.806. The molecule has 0 atom stereocenters. The van der Waals surface area contributed by atoms with E-state index in [1.54, 1.807) is 7.11 Å². The van der Waals surface area contributed by atoms with Crippen LogP contribution in [-0.4, -0.2) is 43.1 Å². The minimum Gasteiger partial charge on any atom is -0.383 e. The van der Waals surface area contributed by atoms with Crippen LogP contribution in [0.1, 0.15) is 38.5 Å². The first-order valence-electron chi connectivity index (χ1n) is 6.17. The van der Waals surface area contributed by atoms with Gasteiger partial charge in [0.15, 0.2) is 0 Å². The van der Waals surface area contributed by atoms with Gasteiger partial charge < -0.3 is 4.74 Å². The zero-order valence-corrected chi connectivity index (χ0v) is 11.5. The number of methoxy groups -OCH3 is 1. The van der Waals surface area contributed by atoms with Crippen molar-refractivity contribution in [3.8, 4) is 0 Å². The van der Waals surface area contributed by atoms with Crippen LogP contribution in [0, 0.1) is 0 Å². The fraction of sp³-hybridized carbons (Fsp3) is 1.00. The van der Waals surface area contributed by atoms with Crippen LogP contribution >= 0.6 is 15.9 Å². The maximum atomic E-state index is 5.18. The molecule has 1 aliphatic rings. The fourth-order valence-electron chi connectivity index (χ4n) is 2.42. The summed E-state index contributed by atoms with van der Waals surface area (Å²) in [7, 11) is 1.79. The molecule has 2 nitrogen and oxygen atoms in total. The van der Waals surface area contributed by atoms with Crippen molar-refractivity contribution in [1.29, 1.82) is 0 Å². The molecular weight excluding hydrogens is 254 g/mol. The number of hydrogen-bond donors (Lipinski definition) is 0. The van der Waals surface area contributed by atoms with Crippen LogP contribution in [-0.2, 0) is 4.74 Å². The maximum absolute atomic E-state index is 5.18. The lowest BCUT2D eigenvalue weighted by atomic mass is 10.1. The third kappa shape index (κ3) is 5.32. The van der Waals surface area contributed by atoms with Crippen molar-refractivity contribution in [2.45, 2.75) is 44.6 Å². The van der Waals surface area contributed by atoms with E-state index in [2.05, 4.69) is 20.8 Å².